The third kappa shape index (κ3) is 33.1. The molecule has 0 aliphatic heterocycles. The van der Waals surface area contributed by atoms with E-state index in [-0.39, 0.29) is 0 Å². The van der Waals surface area contributed by atoms with Crippen molar-refractivity contribution >= 4 is 0 Å². The summed E-state index contributed by atoms with van der Waals surface area (Å²) in [6.45, 7) is 10.9. The quantitative estimate of drug-likeness (QED) is 0.0517. The monoisotopic (exact) mass is 668 g/mol. The van der Waals surface area contributed by atoms with E-state index in [0.717, 1.165) is 46.1 Å². The van der Waals surface area contributed by atoms with E-state index in [4.69, 9.17) is 9.47 Å². The van der Waals surface area contributed by atoms with Gasteiger partial charge in [-0.15, -0.1) is 0 Å². The van der Waals surface area contributed by atoms with Gasteiger partial charge < -0.3 is 9.47 Å². The fourth-order valence-corrected chi connectivity index (χ4v) is 6.25. The van der Waals surface area contributed by atoms with Crippen LogP contribution in [0.4, 0.5) is 0 Å². The van der Waals surface area contributed by atoms with Crippen LogP contribution in [-0.2, 0) is 16.0 Å². The minimum absolute atomic E-state index is 0.810. The van der Waals surface area contributed by atoms with Crippen molar-refractivity contribution in [2.45, 2.75) is 187 Å². The molecular formula is C45H81NO2. The minimum Gasteiger partial charge on any atom is -0.380 e. The predicted molar refractivity (Wildman–Crippen MR) is 213 cm³/mol. The van der Waals surface area contributed by atoms with Gasteiger partial charge in [-0.3, -0.25) is 4.90 Å². The molecule has 278 valence electrons. The van der Waals surface area contributed by atoms with E-state index in [1.54, 1.807) is 0 Å². The third-order valence-corrected chi connectivity index (χ3v) is 9.45. The maximum Gasteiger partial charge on any atom is 0.0593 e. The maximum absolute atomic E-state index is 6.06. The van der Waals surface area contributed by atoms with Gasteiger partial charge in [-0.2, -0.15) is 0 Å². The molecule has 0 N–H and O–H groups in total. The molecule has 0 radical (unpaired) electrons. The van der Waals surface area contributed by atoms with E-state index < -0.39 is 0 Å². The summed E-state index contributed by atoms with van der Waals surface area (Å²) in [7, 11) is 0. The Morgan fingerprint density at radius 3 is 1.17 bits per heavy atom. The highest BCUT2D eigenvalue weighted by molar-refractivity contribution is 5.14. The average molecular weight is 668 g/mol. The molecule has 0 aliphatic carbocycles. The van der Waals surface area contributed by atoms with Gasteiger partial charge in [0.05, 0.1) is 13.2 Å². The Kier molecular flexibility index (Phi) is 35.7. The molecule has 0 fully saturated rings. The SMILES string of the molecule is CCCCCCCCC=CCCCCCCCOCCN(CCOCCCCCCCC=CCCCCCCCC)Cc1ccccc1. The molecule has 0 saturated heterocycles. The van der Waals surface area contributed by atoms with E-state index in [9.17, 15) is 0 Å². The molecule has 0 aliphatic rings. The fraction of sp³-hybridized carbons (Fsp3) is 0.778. The Balaban J connectivity index is 1.99. The van der Waals surface area contributed by atoms with Crippen LogP contribution in [0.15, 0.2) is 54.6 Å². The van der Waals surface area contributed by atoms with E-state index in [0.29, 0.717) is 0 Å². The number of allylic oxidation sites excluding steroid dienone is 4. The van der Waals surface area contributed by atoms with Crippen LogP contribution < -0.4 is 0 Å². The number of hydrogen-bond donors (Lipinski definition) is 0. The highest BCUT2D eigenvalue weighted by Crippen LogP contribution is 2.11. The molecule has 3 nitrogen and oxygen atoms in total. The highest BCUT2D eigenvalue weighted by Gasteiger charge is 2.06. The molecule has 0 spiro atoms. The molecule has 0 atom stereocenters. The van der Waals surface area contributed by atoms with Gasteiger partial charge in [0, 0.05) is 32.8 Å². The minimum atomic E-state index is 0.810. The van der Waals surface area contributed by atoms with Crippen molar-refractivity contribution in [1.29, 1.82) is 0 Å². The van der Waals surface area contributed by atoms with E-state index in [1.807, 2.05) is 0 Å². The largest absolute Gasteiger partial charge is 0.380 e. The highest BCUT2D eigenvalue weighted by atomic mass is 16.5. The van der Waals surface area contributed by atoms with Crippen LogP contribution in [0.3, 0.4) is 0 Å². The first-order chi connectivity index (χ1) is 23.9. The van der Waals surface area contributed by atoms with Crippen LogP contribution in [-0.4, -0.2) is 44.4 Å². The van der Waals surface area contributed by atoms with Crippen LogP contribution in [0.5, 0.6) is 0 Å². The Morgan fingerprint density at radius 2 is 0.771 bits per heavy atom. The lowest BCUT2D eigenvalue weighted by Gasteiger charge is -2.22. The lowest BCUT2D eigenvalue weighted by Crippen LogP contribution is -2.31. The van der Waals surface area contributed by atoms with Gasteiger partial charge >= 0.3 is 0 Å². The van der Waals surface area contributed by atoms with Crippen molar-refractivity contribution in [3.8, 4) is 0 Å². The first-order valence-electron chi connectivity index (χ1n) is 21.1. The number of nitrogens with zero attached hydrogens (tertiary/aromatic N) is 1. The van der Waals surface area contributed by atoms with Gasteiger partial charge in [-0.1, -0.05) is 171 Å². The van der Waals surface area contributed by atoms with Gasteiger partial charge in [0.1, 0.15) is 0 Å². The number of benzene rings is 1. The molecule has 0 bridgehead atoms. The lowest BCUT2D eigenvalue weighted by molar-refractivity contribution is 0.0692. The smallest absolute Gasteiger partial charge is 0.0593 e. The normalized spacial score (nSPS) is 12.0. The molecular weight excluding hydrogens is 587 g/mol. The maximum atomic E-state index is 6.06. The average Bonchev–Trinajstić information content (AvgIpc) is 3.10. The predicted octanol–water partition coefficient (Wildman–Crippen LogP) is 13.8. The standard InChI is InChI=1S/C45H81NO2/c1-3-5-7-9-11-13-15-17-19-21-23-25-27-29-34-40-47-42-38-46(44-45-36-32-31-33-37-45)39-43-48-41-35-30-28-26-24-22-20-18-16-14-12-10-8-6-4-2/h17-20,31-33,36-37H,3-16,21-30,34-35,38-44H2,1-2H3. The summed E-state index contributed by atoms with van der Waals surface area (Å²) in [5.41, 5.74) is 1.37. The summed E-state index contributed by atoms with van der Waals surface area (Å²) in [5.74, 6) is 0. The van der Waals surface area contributed by atoms with Crippen LogP contribution >= 0.6 is 0 Å². The number of hydrogen-bond acceptors (Lipinski definition) is 3. The second kappa shape index (κ2) is 38.4. The molecule has 1 aromatic rings. The van der Waals surface area contributed by atoms with Crippen molar-refractivity contribution in [3.05, 3.63) is 60.2 Å². The zero-order valence-corrected chi connectivity index (χ0v) is 32.3. The molecule has 0 amide bonds. The van der Waals surface area contributed by atoms with Gasteiger partial charge in [0.25, 0.3) is 0 Å². The van der Waals surface area contributed by atoms with Crippen LogP contribution in [0.2, 0.25) is 0 Å². The molecule has 0 aromatic heterocycles. The van der Waals surface area contributed by atoms with Crippen molar-refractivity contribution in [2.75, 3.05) is 39.5 Å². The van der Waals surface area contributed by atoms with Gasteiger partial charge in [-0.05, 0) is 69.8 Å². The van der Waals surface area contributed by atoms with Crippen LogP contribution in [0.1, 0.15) is 186 Å². The second-order valence-electron chi connectivity index (χ2n) is 14.2. The van der Waals surface area contributed by atoms with Gasteiger partial charge in [0.2, 0.25) is 0 Å². The Morgan fingerprint density at radius 1 is 0.417 bits per heavy atom. The first kappa shape index (κ1) is 44.6. The fourth-order valence-electron chi connectivity index (χ4n) is 6.25. The second-order valence-corrected chi connectivity index (χ2v) is 14.2. The summed E-state index contributed by atoms with van der Waals surface area (Å²) >= 11 is 0. The molecule has 0 heterocycles. The zero-order chi connectivity index (χ0) is 34.3. The summed E-state index contributed by atoms with van der Waals surface area (Å²) in [5, 5.41) is 0. The Hall–Kier alpha value is -1.42. The van der Waals surface area contributed by atoms with Crippen molar-refractivity contribution in [1.82, 2.24) is 4.90 Å². The number of ether oxygens (including phenoxy) is 2. The first-order valence-corrected chi connectivity index (χ1v) is 21.1. The molecule has 0 saturated carbocycles. The third-order valence-electron chi connectivity index (χ3n) is 9.45. The molecule has 3 heteroatoms. The van der Waals surface area contributed by atoms with Crippen LogP contribution in [0.25, 0.3) is 0 Å². The van der Waals surface area contributed by atoms with Crippen molar-refractivity contribution < 1.29 is 9.47 Å². The summed E-state index contributed by atoms with van der Waals surface area (Å²) in [6, 6.07) is 10.8. The van der Waals surface area contributed by atoms with E-state index >= 15 is 0 Å². The van der Waals surface area contributed by atoms with E-state index in [2.05, 4.69) is 73.4 Å². The van der Waals surface area contributed by atoms with E-state index in [1.165, 1.54) is 173 Å². The van der Waals surface area contributed by atoms with Crippen molar-refractivity contribution in [2.24, 2.45) is 0 Å². The molecule has 48 heavy (non-hydrogen) atoms. The van der Waals surface area contributed by atoms with Crippen LogP contribution in [0, 0.1) is 0 Å². The Bertz CT molecular complexity index is 745. The number of unbranched alkanes of at least 4 members (excludes halogenated alkanes) is 22. The Labute approximate surface area is 300 Å². The number of rotatable bonds is 38. The van der Waals surface area contributed by atoms with Gasteiger partial charge in [-0.25, -0.2) is 0 Å². The van der Waals surface area contributed by atoms with Gasteiger partial charge in [0.15, 0.2) is 0 Å². The summed E-state index contributed by atoms with van der Waals surface area (Å²) in [6.07, 6.45) is 44.5. The lowest BCUT2D eigenvalue weighted by atomic mass is 10.1. The molecule has 1 rings (SSSR count). The van der Waals surface area contributed by atoms with Crippen molar-refractivity contribution in [3.63, 3.8) is 0 Å². The summed E-state index contributed by atoms with van der Waals surface area (Å²) < 4.78 is 12.1. The molecule has 0 unspecified atom stereocenters. The molecule has 1 aromatic carbocycles. The topological polar surface area (TPSA) is 21.7 Å². The summed E-state index contributed by atoms with van der Waals surface area (Å²) in [4.78, 5) is 2.50. The zero-order valence-electron chi connectivity index (χ0n) is 32.3.